The fourth-order valence-electron chi connectivity index (χ4n) is 0.900. The summed E-state index contributed by atoms with van der Waals surface area (Å²) in [6.07, 6.45) is 0.581. The van der Waals surface area contributed by atoms with Crippen LogP contribution in [-0.4, -0.2) is 38.0 Å². The van der Waals surface area contributed by atoms with Crippen molar-refractivity contribution in [1.29, 1.82) is 0 Å². The van der Waals surface area contributed by atoms with Crippen molar-refractivity contribution >= 4 is 10.0 Å². The first-order chi connectivity index (χ1) is 5.77. The molecular weight excluding hydrogens is 192 g/mol. The molecule has 0 saturated carbocycles. The summed E-state index contributed by atoms with van der Waals surface area (Å²) in [4.78, 5) is 0. The normalized spacial score (nSPS) is 13.2. The van der Waals surface area contributed by atoms with Crippen molar-refractivity contribution in [2.24, 2.45) is 5.14 Å². The molecule has 0 amide bonds. The quantitative estimate of drug-likeness (QED) is 0.525. The largest absolute Gasteiger partial charge is 0.396 e. The molecule has 4 N–H and O–H groups in total. The van der Waals surface area contributed by atoms with Crippen molar-refractivity contribution in [3.8, 4) is 0 Å². The maximum atomic E-state index is 10.6. The number of nitrogens with two attached hydrogens (primary N) is 1. The summed E-state index contributed by atoms with van der Waals surface area (Å²) in [5.74, 6) is -0.0815. The van der Waals surface area contributed by atoms with Gasteiger partial charge in [0.25, 0.3) is 0 Å². The summed E-state index contributed by atoms with van der Waals surface area (Å²) in [5, 5.41) is 16.5. The molecule has 0 heterocycles. The number of aliphatic hydroxyl groups is 1. The molecule has 0 spiro atoms. The summed E-state index contributed by atoms with van der Waals surface area (Å²) < 4.78 is 21.1. The molecule has 80 valence electrons. The van der Waals surface area contributed by atoms with Gasteiger partial charge in [0.1, 0.15) is 0 Å². The molecule has 5 nitrogen and oxygen atoms in total. The zero-order valence-electron chi connectivity index (χ0n) is 8.08. The smallest absolute Gasteiger partial charge is 0.210 e. The van der Waals surface area contributed by atoms with Crippen molar-refractivity contribution in [2.75, 3.05) is 18.9 Å². The van der Waals surface area contributed by atoms with Crippen LogP contribution in [-0.2, 0) is 10.0 Å². The van der Waals surface area contributed by atoms with Gasteiger partial charge in [-0.2, -0.15) is 0 Å². The van der Waals surface area contributed by atoms with E-state index < -0.39 is 10.0 Å². The van der Waals surface area contributed by atoms with Crippen molar-refractivity contribution in [1.82, 2.24) is 5.32 Å². The van der Waals surface area contributed by atoms with Crippen LogP contribution in [0.5, 0.6) is 0 Å². The van der Waals surface area contributed by atoms with Crippen LogP contribution in [0.4, 0.5) is 0 Å². The Morgan fingerprint density at radius 1 is 1.46 bits per heavy atom. The fourth-order valence-corrected chi connectivity index (χ4v) is 1.29. The Morgan fingerprint density at radius 2 is 2.00 bits per heavy atom. The van der Waals surface area contributed by atoms with Gasteiger partial charge in [-0.05, 0) is 20.3 Å². The average molecular weight is 210 g/mol. The van der Waals surface area contributed by atoms with E-state index in [1.54, 1.807) is 0 Å². The Morgan fingerprint density at radius 3 is 2.38 bits per heavy atom. The van der Waals surface area contributed by atoms with Gasteiger partial charge in [-0.25, -0.2) is 13.6 Å². The van der Waals surface area contributed by atoms with Gasteiger partial charge in [0.15, 0.2) is 0 Å². The van der Waals surface area contributed by atoms with Gasteiger partial charge >= 0.3 is 0 Å². The van der Waals surface area contributed by atoms with Crippen LogP contribution in [0.3, 0.4) is 0 Å². The van der Waals surface area contributed by atoms with Crippen molar-refractivity contribution in [3.05, 3.63) is 0 Å². The average Bonchev–Trinajstić information content (AvgIpc) is 1.82. The molecule has 0 aliphatic carbocycles. The molecule has 0 aliphatic rings. The number of primary sulfonamides is 1. The first-order valence-corrected chi connectivity index (χ1v) is 5.85. The van der Waals surface area contributed by atoms with Gasteiger partial charge in [0, 0.05) is 18.7 Å². The predicted molar refractivity (Wildman–Crippen MR) is 51.8 cm³/mol. The van der Waals surface area contributed by atoms with Gasteiger partial charge in [0.2, 0.25) is 10.0 Å². The summed E-state index contributed by atoms with van der Waals surface area (Å²) in [6, 6.07) is 0. The van der Waals surface area contributed by atoms with E-state index >= 15 is 0 Å². The van der Waals surface area contributed by atoms with Crippen LogP contribution >= 0.6 is 0 Å². The maximum absolute atomic E-state index is 10.6. The van der Waals surface area contributed by atoms with Crippen molar-refractivity contribution in [2.45, 2.75) is 25.8 Å². The lowest BCUT2D eigenvalue weighted by Crippen LogP contribution is -2.43. The third-order valence-electron chi connectivity index (χ3n) is 1.73. The third-order valence-corrected chi connectivity index (χ3v) is 2.50. The molecular formula is C7H18N2O3S. The Kier molecular flexibility index (Phi) is 4.83. The zero-order valence-corrected chi connectivity index (χ0v) is 8.89. The molecule has 0 aromatic rings. The highest BCUT2D eigenvalue weighted by Crippen LogP contribution is 2.06. The molecule has 0 fully saturated rings. The Bertz CT molecular complexity index is 236. The highest BCUT2D eigenvalue weighted by Gasteiger charge is 2.16. The molecule has 0 saturated heterocycles. The number of nitrogens with one attached hydrogen (secondary N) is 1. The molecule has 0 bridgehead atoms. The van der Waals surface area contributed by atoms with Gasteiger partial charge in [-0.1, -0.05) is 0 Å². The van der Waals surface area contributed by atoms with E-state index in [0.29, 0.717) is 13.0 Å². The second-order valence-electron chi connectivity index (χ2n) is 3.65. The van der Waals surface area contributed by atoms with E-state index in [-0.39, 0.29) is 17.9 Å². The summed E-state index contributed by atoms with van der Waals surface area (Å²) in [5.41, 5.74) is -0.251. The number of aliphatic hydroxyl groups excluding tert-OH is 1. The summed E-state index contributed by atoms with van der Waals surface area (Å²) in [6.45, 7) is 4.18. The Hall–Kier alpha value is -0.170. The Labute approximate surface area is 79.4 Å². The van der Waals surface area contributed by atoms with E-state index in [2.05, 4.69) is 5.32 Å². The van der Waals surface area contributed by atoms with Crippen molar-refractivity contribution < 1.29 is 13.5 Å². The van der Waals surface area contributed by atoms with Gasteiger partial charge in [0.05, 0.1) is 5.75 Å². The van der Waals surface area contributed by atoms with E-state index in [1.165, 1.54) is 0 Å². The van der Waals surface area contributed by atoms with Gasteiger partial charge < -0.3 is 10.4 Å². The van der Waals surface area contributed by atoms with Crippen LogP contribution < -0.4 is 10.5 Å². The highest BCUT2D eigenvalue weighted by atomic mass is 32.2. The van der Waals surface area contributed by atoms with Gasteiger partial charge in [-0.15, -0.1) is 0 Å². The van der Waals surface area contributed by atoms with Gasteiger partial charge in [-0.3, -0.25) is 0 Å². The van der Waals surface area contributed by atoms with E-state index in [9.17, 15) is 8.42 Å². The maximum Gasteiger partial charge on any atom is 0.210 e. The van der Waals surface area contributed by atoms with E-state index in [0.717, 1.165) is 0 Å². The molecule has 0 aromatic heterocycles. The fraction of sp³-hybridized carbons (Fsp3) is 1.00. The second kappa shape index (κ2) is 4.90. The standard InChI is InChI=1S/C7H18N2O3S/c1-7(2,3-5-10)9-4-6-13(8,11)12/h9-10H,3-6H2,1-2H3,(H2,8,11,12). The minimum Gasteiger partial charge on any atom is -0.396 e. The van der Waals surface area contributed by atoms with Crippen LogP contribution in [0.25, 0.3) is 0 Å². The third kappa shape index (κ3) is 8.17. The lowest BCUT2D eigenvalue weighted by molar-refractivity contribution is 0.233. The summed E-state index contributed by atoms with van der Waals surface area (Å²) >= 11 is 0. The number of hydrogen-bond donors (Lipinski definition) is 3. The van der Waals surface area contributed by atoms with Crippen LogP contribution in [0.2, 0.25) is 0 Å². The molecule has 0 atom stereocenters. The predicted octanol–water partition coefficient (Wildman–Crippen LogP) is -0.974. The number of hydrogen-bond acceptors (Lipinski definition) is 4. The molecule has 0 aliphatic heterocycles. The lowest BCUT2D eigenvalue weighted by Gasteiger charge is -2.25. The van der Waals surface area contributed by atoms with E-state index in [1.807, 2.05) is 13.8 Å². The minimum absolute atomic E-state index is 0.0787. The molecule has 0 aromatic carbocycles. The molecule has 0 rings (SSSR count). The molecule has 13 heavy (non-hydrogen) atoms. The monoisotopic (exact) mass is 210 g/mol. The van der Waals surface area contributed by atoms with Crippen molar-refractivity contribution in [3.63, 3.8) is 0 Å². The highest BCUT2D eigenvalue weighted by molar-refractivity contribution is 7.89. The number of rotatable bonds is 6. The topological polar surface area (TPSA) is 92.4 Å². The minimum atomic E-state index is -3.39. The van der Waals surface area contributed by atoms with Crippen LogP contribution in [0.1, 0.15) is 20.3 Å². The van der Waals surface area contributed by atoms with Crippen LogP contribution in [0.15, 0.2) is 0 Å². The van der Waals surface area contributed by atoms with Crippen LogP contribution in [0, 0.1) is 0 Å². The molecule has 0 unspecified atom stereocenters. The molecule has 6 heteroatoms. The first-order valence-electron chi connectivity index (χ1n) is 4.13. The second-order valence-corrected chi connectivity index (χ2v) is 5.39. The SMILES string of the molecule is CC(C)(CCO)NCCS(N)(=O)=O. The number of sulfonamides is 1. The van der Waals surface area contributed by atoms with E-state index in [4.69, 9.17) is 10.2 Å². The first kappa shape index (κ1) is 12.8. The Balaban J connectivity index is 3.76. The lowest BCUT2D eigenvalue weighted by atomic mass is 10.0. The molecule has 0 radical (unpaired) electrons. The zero-order chi connectivity index (χ0) is 10.5. The summed E-state index contributed by atoms with van der Waals surface area (Å²) in [7, 11) is -3.39.